The number of aliphatic imine (C=N–C) groups is 1. The van der Waals surface area contributed by atoms with Crippen molar-refractivity contribution in [2.75, 3.05) is 13.7 Å². The lowest BCUT2D eigenvalue weighted by molar-refractivity contribution is -0.137. The molecule has 0 bridgehead atoms. The van der Waals surface area contributed by atoms with Crippen molar-refractivity contribution in [2.45, 2.75) is 6.42 Å². The Balaban J connectivity index is 1.74. The van der Waals surface area contributed by atoms with E-state index in [-0.39, 0.29) is 18.9 Å². The van der Waals surface area contributed by atoms with Gasteiger partial charge in [0.1, 0.15) is 0 Å². The number of hydrogen-bond donors (Lipinski definition) is 2. The summed E-state index contributed by atoms with van der Waals surface area (Å²) >= 11 is 1.26. The molecule has 0 radical (unpaired) electrons. The third kappa shape index (κ3) is 5.14. The number of amidine groups is 1. The molecule has 2 N–H and O–H groups in total. The van der Waals surface area contributed by atoms with Crippen LogP contribution in [0.25, 0.3) is 6.08 Å². The summed E-state index contributed by atoms with van der Waals surface area (Å²) in [6.07, 6.45) is 1.63. The maximum absolute atomic E-state index is 12.2. The van der Waals surface area contributed by atoms with E-state index in [9.17, 15) is 9.59 Å². The van der Waals surface area contributed by atoms with Gasteiger partial charge in [0.25, 0.3) is 5.91 Å². The van der Waals surface area contributed by atoms with Crippen LogP contribution in [0.15, 0.2) is 58.4 Å². The van der Waals surface area contributed by atoms with Crippen LogP contribution in [0, 0.1) is 0 Å². The van der Waals surface area contributed by atoms with Crippen molar-refractivity contribution in [3.05, 3.63) is 59.0 Å². The van der Waals surface area contributed by atoms with Crippen molar-refractivity contribution in [2.24, 2.45) is 4.99 Å². The minimum Gasteiger partial charge on any atom is -0.493 e. The molecule has 144 valence electrons. The topological polar surface area (TPSA) is 97.2 Å². The Kier molecular flexibility index (Phi) is 6.33. The van der Waals surface area contributed by atoms with Crippen LogP contribution in [0.5, 0.6) is 11.5 Å². The Labute approximate surface area is 166 Å². The van der Waals surface area contributed by atoms with Crippen LogP contribution in [-0.4, -0.2) is 35.9 Å². The molecule has 0 atom stereocenters. The monoisotopic (exact) mass is 398 g/mol. The van der Waals surface area contributed by atoms with Crippen molar-refractivity contribution < 1.29 is 24.2 Å². The number of para-hydroxylation sites is 1. The molecule has 1 aliphatic rings. The van der Waals surface area contributed by atoms with Gasteiger partial charge in [-0.2, -0.15) is 0 Å². The quantitative estimate of drug-likeness (QED) is 0.694. The van der Waals surface area contributed by atoms with Crippen molar-refractivity contribution >= 4 is 40.6 Å². The number of nitrogens with one attached hydrogen (secondary N) is 1. The number of thioether (sulfide) groups is 1. The lowest BCUT2D eigenvalue weighted by Crippen LogP contribution is -2.19. The van der Waals surface area contributed by atoms with E-state index in [0.29, 0.717) is 21.6 Å². The zero-order valence-corrected chi connectivity index (χ0v) is 15.9. The minimum atomic E-state index is -0.933. The van der Waals surface area contributed by atoms with E-state index in [2.05, 4.69) is 10.3 Å². The molecule has 2 aromatic carbocycles. The predicted octanol–water partition coefficient (Wildman–Crippen LogP) is 3.44. The number of hydrogen-bond acceptors (Lipinski definition) is 6. The summed E-state index contributed by atoms with van der Waals surface area (Å²) in [4.78, 5) is 27.7. The molecule has 1 amide bonds. The molecule has 0 aliphatic carbocycles. The first-order valence-electron chi connectivity index (χ1n) is 8.42. The molecule has 7 nitrogen and oxygen atoms in total. The highest BCUT2D eigenvalue weighted by Crippen LogP contribution is 2.32. The van der Waals surface area contributed by atoms with Gasteiger partial charge in [-0.3, -0.25) is 9.59 Å². The smallest absolute Gasteiger partial charge is 0.306 e. The van der Waals surface area contributed by atoms with Crippen molar-refractivity contribution in [3.8, 4) is 11.5 Å². The summed E-state index contributed by atoms with van der Waals surface area (Å²) in [5.41, 5.74) is 1.51. The number of nitrogens with zero attached hydrogens (tertiary/aromatic N) is 1. The lowest BCUT2D eigenvalue weighted by Gasteiger charge is -2.10. The third-order valence-electron chi connectivity index (χ3n) is 3.70. The van der Waals surface area contributed by atoms with E-state index >= 15 is 0 Å². The first-order valence-corrected chi connectivity index (χ1v) is 9.24. The van der Waals surface area contributed by atoms with Gasteiger partial charge >= 0.3 is 5.97 Å². The number of carbonyl (C=O) groups is 2. The van der Waals surface area contributed by atoms with Crippen LogP contribution in [0.4, 0.5) is 5.69 Å². The second-order valence-electron chi connectivity index (χ2n) is 5.72. The lowest BCUT2D eigenvalue weighted by atomic mass is 10.2. The summed E-state index contributed by atoms with van der Waals surface area (Å²) in [6, 6.07) is 14.6. The van der Waals surface area contributed by atoms with E-state index in [4.69, 9.17) is 14.6 Å². The molecule has 28 heavy (non-hydrogen) atoms. The molecule has 1 fully saturated rings. The highest BCUT2D eigenvalue weighted by atomic mass is 32.2. The van der Waals surface area contributed by atoms with Crippen LogP contribution >= 0.6 is 11.8 Å². The summed E-state index contributed by atoms with van der Waals surface area (Å²) < 4.78 is 10.7. The molecule has 0 spiro atoms. The first-order chi connectivity index (χ1) is 13.5. The summed E-state index contributed by atoms with van der Waals surface area (Å²) in [7, 11) is 1.50. The van der Waals surface area contributed by atoms with E-state index in [1.54, 1.807) is 24.3 Å². The van der Waals surface area contributed by atoms with Crippen LogP contribution in [0.1, 0.15) is 12.0 Å². The first kappa shape index (κ1) is 19.5. The second-order valence-corrected chi connectivity index (χ2v) is 6.75. The van der Waals surface area contributed by atoms with Crippen LogP contribution in [-0.2, 0) is 9.59 Å². The fourth-order valence-electron chi connectivity index (χ4n) is 2.39. The van der Waals surface area contributed by atoms with Crippen LogP contribution < -0.4 is 14.8 Å². The number of amides is 1. The van der Waals surface area contributed by atoms with Crippen LogP contribution in [0.3, 0.4) is 0 Å². The number of carbonyl (C=O) groups excluding carboxylic acids is 1. The van der Waals surface area contributed by atoms with Gasteiger partial charge in [0.15, 0.2) is 16.7 Å². The van der Waals surface area contributed by atoms with Crippen molar-refractivity contribution in [3.63, 3.8) is 0 Å². The standard InChI is InChI=1S/C20H18N2O5S/c1-26-16-11-13(7-8-15(16)27-10-9-18(23)24)12-17-19(25)22-20(28-17)21-14-5-3-2-4-6-14/h2-8,11-12H,9-10H2,1H3,(H,23,24)(H,21,22,25)/b17-12+. The van der Waals surface area contributed by atoms with Gasteiger partial charge in [-0.15, -0.1) is 0 Å². The van der Waals surface area contributed by atoms with E-state index in [1.807, 2.05) is 30.3 Å². The normalized spacial score (nSPS) is 16.2. The zero-order chi connectivity index (χ0) is 19.9. The molecule has 8 heteroatoms. The molecule has 1 heterocycles. The molecular weight excluding hydrogens is 380 g/mol. The van der Waals surface area contributed by atoms with Crippen LogP contribution in [0.2, 0.25) is 0 Å². The SMILES string of the molecule is COc1cc(/C=C2/SC(=Nc3ccccc3)NC2=O)ccc1OCCC(=O)O. The van der Waals surface area contributed by atoms with Crippen molar-refractivity contribution in [1.82, 2.24) is 5.32 Å². The number of benzene rings is 2. The fraction of sp³-hybridized carbons (Fsp3) is 0.150. The average Bonchev–Trinajstić information content (AvgIpc) is 3.02. The Hall–Kier alpha value is -3.26. The highest BCUT2D eigenvalue weighted by molar-refractivity contribution is 8.18. The van der Waals surface area contributed by atoms with Gasteiger partial charge in [-0.1, -0.05) is 24.3 Å². The summed E-state index contributed by atoms with van der Waals surface area (Å²) in [5, 5.41) is 12.0. The predicted molar refractivity (Wildman–Crippen MR) is 108 cm³/mol. The highest BCUT2D eigenvalue weighted by Gasteiger charge is 2.24. The molecule has 2 aromatic rings. The third-order valence-corrected chi connectivity index (χ3v) is 4.61. The van der Waals surface area contributed by atoms with Gasteiger partial charge in [-0.05, 0) is 47.7 Å². The molecule has 1 aliphatic heterocycles. The molecule has 0 saturated carbocycles. The minimum absolute atomic E-state index is 0.0453. The molecule has 1 saturated heterocycles. The summed E-state index contributed by atoms with van der Waals surface area (Å²) in [5.74, 6) is -0.250. The Bertz CT molecular complexity index is 941. The number of methoxy groups -OCH3 is 1. The van der Waals surface area contributed by atoms with Gasteiger partial charge in [0, 0.05) is 0 Å². The van der Waals surface area contributed by atoms with Gasteiger partial charge in [-0.25, -0.2) is 4.99 Å². The number of carboxylic acids is 1. The number of carboxylic acid groups (broad SMARTS) is 1. The van der Waals surface area contributed by atoms with E-state index in [0.717, 1.165) is 11.3 Å². The molecule has 0 aromatic heterocycles. The largest absolute Gasteiger partial charge is 0.493 e. The summed E-state index contributed by atoms with van der Waals surface area (Å²) in [6.45, 7) is 0.0453. The average molecular weight is 398 g/mol. The Morgan fingerprint density at radius 1 is 1.21 bits per heavy atom. The van der Waals surface area contributed by atoms with E-state index < -0.39 is 5.97 Å². The van der Waals surface area contributed by atoms with Gasteiger partial charge in [0.05, 0.1) is 30.7 Å². The zero-order valence-electron chi connectivity index (χ0n) is 15.0. The molecule has 0 unspecified atom stereocenters. The fourth-order valence-corrected chi connectivity index (χ4v) is 3.24. The second kappa shape index (κ2) is 9.09. The number of aliphatic carboxylic acids is 1. The van der Waals surface area contributed by atoms with Gasteiger partial charge in [0.2, 0.25) is 0 Å². The molecular formula is C20H18N2O5S. The number of rotatable bonds is 7. The maximum Gasteiger partial charge on any atom is 0.306 e. The molecule has 3 rings (SSSR count). The van der Waals surface area contributed by atoms with Gasteiger partial charge < -0.3 is 19.9 Å². The van der Waals surface area contributed by atoms with E-state index in [1.165, 1.54) is 18.9 Å². The van der Waals surface area contributed by atoms with Crippen molar-refractivity contribution in [1.29, 1.82) is 0 Å². The Morgan fingerprint density at radius 3 is 2.71 bits per heavy atom. The number of ether oxygens (including phenoxy) is 2. The Morgan fingerprint density at radius 2 is 2.00 bits per heavy atom. The maximum atomic E-state index is 12.2.